The first-order valence-electron chi connectivity index (χ1n) is 6.36. The Morgan fingerprint density at radius 1 is 1.56 bits per heavy atom. The van der Waals surface area contributed by atoms with E-state index in [0.717, 1.165) is 32.5 Å². The summed E-state index contributed by atoms with van der Waals surface area (Å²) in [5.41, 5.74) is 6.38. The molecular formula is C12H21N5O. The first-order chi connectivity index (χ1) is 8.65. The molecule has 0 unspecified atom stereocenters. The third-order valence-corrected chi connectivity index (χ3v) is 3.46. The van der Waals surface area contributed by atoms with E-state index in [4.69, 9.17) is 5.73 Å². The monoisotopic (exact) mass is 251 g/mol. The quantitative estimate of drug-likeness (QED) is 0.737. The van der Waals surface area contributed by atoms with Crippen LogP contribution in [0.5, 0.6) is 0 Å². The summed E-state index contributed by atoms with van der Waals surface area (Å²) in [5.74, 6) is -0.240. The molecule has 18 heavy (non-hydrogen) atoms. The number of carbonyl (C=O) groups excluding carboxylic acids is 1. The summed E-state index contributed by atoms with van der Waals surface area (Å²) in [6.07, 6.45) is 3.93. The first-order valence-corrected chi connectivity index (χ1v) is 6.36. The van der Waals surface area contributed by atoms with Gasteiger partial charge in [0.05, 0.1) is 12.2 Å². The minimum Gasteiger partial charge on any atom is -0.369 e. The summed E-state index contributed by atoms with van der Waals surface area (Å²) in [5, 5.41) is 7.68. The zero-order valence-electron chi connectivity index (χ0n) is 10.8. The number of piperidine rings is 1. The van der Waals surface area contributed by atoms with Crippen LogP contribution in [0.2, 0.25) is 0 Å². The van der Waals surface area contributed by atoms with Crippen molar-refractivity contribution in [2.45, 2.75) is 25.4 Å². The fraction of sp³-hybridized carbons (Fsp3) is 0.667. The molecule has 6 nitrogen and oxygen atoms in total. The number of aryl methyl sites for hydroxylation is 1. The molecule has 0 spiro atoms. The van der Waals surface area contributed by atoms with Gasteiger partial charge in [-0.1, -0.05) is 0 Å². The van der Waals surface area contributed by atoms with E-state index in [9.17, 15) is 4.79 Å². The SMILES string of the molecule is Cn1nccc1CNC1CCN(CC(N)=O)CC1. The van der Waals surface area contributed by atoms with E-state index < -0.39 is 0 Å². The van der Waals surface area contributed by atoms with Crippen molar-refractivity contribution in [3.63, 3.8) is 0 Å². The van der Waals surface area contributed by atoms with E-state index in [2.05, 4.69) is 15.3 Å². The topological polar surface area (TPSA) is 76.2 Å². The zero-order chi connectivity index (χ0) is 13.0. The van der Waals surface area contributed by atoms with Gasteiger partial charge in [-0.3, -0.25) is 14.4 Å². The second kappa shape index (κ2) is 5.97. The van der Waals surface area contributed by atoms with Crippen molar-refractivity contribution in [3.8, 4) is 0 Å². The Morgan fingerprint density at radius 3 is 2.83 bits per heavy atom. The summed E-state index contributed by atoms with van der Waals surface area (Å²) >= 11 is 0. The highest BCUT2D eigenvalue weighted by Gasteiger charge is 2.19. The fourth-order valence-corrected chi connectivity index (χ4v) is 2.34. The van der Waals surface area contributed by atoms with E-state index in [1.54, 1.807) is 0 Å². The third-order valence-electron chi connectivity index (χ3n) is 3.46. The molecular weight excluding hydrogens is 230 g/mol. The molecule has 3 N–H and O–H groups in total. The zero-order valence-corrected chi connectivity index (χ0v) is 10.8. The number of hydrogen-bond donors (Lipinski definition) is 2. The molecule has 100 valence electrons. The van der Waals surface area contributed by atoms with Crippen LogP contribution in [-0.2, 0) is 18.4 Å². The fourth-order valence-electron chi connectivity index (χ4n) is 2.34. The molecule has 1 fully saturated rings. The van der Waals surface area contributed by atoms with Crippen LogP contribution in [0, 0.1) is 0 Å². The van der Waals surface area contributed by atoms with Crippen molar-refractivity contribution >= 4 is 5.91 Å². The van der Waals surface area contributed by atoms with Gasteiger partial charge in [0, 0.05) is 38.9 Å². The maximum absolute atomic E-state index is 10.8. The maximum atomic E-state index is 10.8. The van der Waals surface area contributed by atoms with E-state index in [-0.39, 0.29) is 5.91 Å². The first kappa shape index (κ1) is 13.0. The lowest BCUT2D eigenvalue weighted by atomic mass is 10.0. The predicted molar refractivity (Wildman–Crippen MR) is 68.7 cm³/mol. The second-order valence-electron chi connectivity index (χ2n) is 4.84. The number of likely N-dealkylation sites (tertiary alicyclic amines) is 1. The van der Waals surface area contributed by atoms with Crippen LogP contribution >= 0.6 is 0 Å². The Labute approximate surface area is 107 Å². The minimum absolute atomic E-state index is 0.240. The van der Waals surface area contributed by atoms with Crippen molar-refractivity contribution < 1.29 is 4.79 Å². The van der Waals surface area contributed by atoms with Crippen LogP contribution in [0.4, 0.5) is 0 Å². The summed E-state index contributed by atoms with van der Waals surface area (Å²) < 4.78 is 1.88. The molecule has 1 amide bonds. The van der Waals surface area contributed by atoms with Gasteiger partial charge in [0.1, 0.15) is 0 Å². The molecule has 1 aliphatic heterocycles. The van der Waals surface area contributed by atoms with Gasteiger partial charge in [-0.2, -0.15) is 5.10 Å². The number of nitrogens with one attached hydrogen (secondary N) is 1. The number of primary amides is 1. The lowest BCUT2D eigenvalue weighted by molar-refractivity contribution is -0.119. The van der Waals surface area contributed by atoms with Crippen LogP contribution in [0.25, 0.3) is 0 Å². The highest BCUT2D eigenvalue weighted by Crippen LogP contribution is 2.10. The van der Waals surface area contributed by atoms with Gasteiger partial charge in [0.25, 0.3) is 0 Å². The molecule has 6 heteroatoms. The van der Waals surface area contributed by atoms with Gasteiger partial charge < -0.3 is 11.1 Å². The normalized spacial score (nSPS) is 18.1. The number of amides is 1. The van der Waals surface area contributed by atoms with Crippen LogP contribution < -0.4 is 11.1 Å². The Bertz CT molecular complexity index is 395. The van der Waals surface area contributed by atoms with E-state index in [1.165, 1.54) is 5.69 Å². The van der Waals surface area contributed by atoms with Crippen LogP contribution in [0.15, 0.2) is 12.3 Å². The van der Waals surface area contributed by atoms with Crippen LogP contribution in [0.3, 0.4) is 0 Å². The van der Waals surface area contributed by atoms with Gasteiger partial charge >= 0.3 is 0 Å². The maximum Gasteiger partial charge on any atom is 0.231 e. The summed E-state index contributed by atoms with van der Waals surface area (Å²) in [4.78, 5) is 12.9. The number of aromatic nitrogens is 2. The van der Waals surface area contributed by atoms with Gasteiger partial charge in [-0.25, -0.2) is 0 Å². The predicted octanol–water partition coefficient (Wildman–Crippen LogP) is -0.541. The Morgan fingerprint density at radius 2 is 2.28 bits per heavy atom. The number of hydrogen-bond acceptors (Lipinski definition) is 4. The van der Waals surface area contributed by atoms with E-state index >= 15 is 0 Å². The summed E-state index contributed by atoms with van der Waals surface area (Å²) in [6.45, 7) is 3.10. The van der Waals surface area contributed by atoms with Crippen molar-refractivity contribution in [1.29, 1.82) is 0 Å². The molecule has 1 aromatic rings. The number of nitrogens with zero attached hydrogens (tertiary/aromatic N) is 3. The highest BCUT2D eigenvalue weighted by molar-refractivity contribution is 5.75. The molecule has 1 aliphatic rings. The number of carbonyl (C=O) groups is 1. The summed E-state index contributed by atoms with van der Waals surface area (Å²) in [7, 11) is 1.95. The molecule has 0 saturated carbocycles. The molecule has 1 saturated heterocycles. The molecule has 0 radical (unpaired) electrons. The van der Waals surface area contributed by atoms with Gasteiger partial charge in [-0.15, -0.1) is 0 Å². The molecule has 0 atom stereocenters. The second-order valence-corrected chi connectivity index (χ2v) is 4.84. The molecule has 1 aromatic heterocycles. The highest BCUT2D eigenvalue weighted by atomic mass is 16.1. The van der Waals surface area contributed by atoms with Crippen molar-refractivity contribution in [2.24, 2.45) is 12.8 Å². The molecule has 0 bridgehead atoms. The third kappa shape index (κ3) is 3.54. The minimum atomic E-state index is -0.240. The summed E-state index contributed by atoms with van der Waals surface area (Å²) in [6, 6.07) is 2.54. The van der Waals surface area contributed by atoms with Crippen LogP contribution in [0.1, 0.15) is 18.5 Å². The molecule has 2 rings (SSSR count). The van der Waals surface area contributed by atoms with Crippen LogP contribution in [-0.4, -0.2) is 46.3 Å². The van der Waals surface area contributed by atoms with Crippen molar-refractivity contribution in [1.82, 2.24) is 20.0 Å². The Kier molecular flexibility index (Phi) is 4.33. The van der Waals surface area contributed by atoms with Gasteiger partial charge in [0.15, 0.2) is 0 Å². The Balaban J connectivity index is 1.71. The number of nitrogens with two attached hydrogens (primary N) is 1. The molecule has 2 heterocycles. The van der Waals surface area contributed by atoms with Gasteiger partial charge in [0.2, 0.25) is 5.91 Å². The molecule has 0 aromatic carbocycles. The number of rotatable bonds is 5. The van der Waals surface area contributed by atoms with E-state index in [0.29, 0.717) is 12.6 Å². The van der Waals surface area contributed by atoms with Gasteiger partial charge in [-0.05, 0) is 18.9 Å². The average Bonchev–Trinajstić information content (AvgIpc) is 2.73. The Hall–Kier alpha value is -1.40. The smallest absolute Gasteiger partial charge is 0.231 e. The standard InChI is InChI=1S/C12H21N5O/c1-16-11(2-5-15-16)8-14-10-3-6-17(7-4-10)9-12(13)18/h2,5,10,14H,3-4,6-9H2,1H3,(H2,13,18). The van der Waals surface area contributed by atoms with Crippen molar-refractivity contribution in [3.05, 3.63) is 18.0 Å². The van der Waals surface area contributed by atoms with Crippen molar-refractivity contribution in [2.75, 3.05) is 19.6 Å². The lowest BCUT2D eigenvalue weighted by Crippen LogP contribution is -2.45. The lowest BCUT2D eigenvalue weighted by Gasteiger charge is -2.31. The largest absolute Gasteiger partial charge is 0.369 e. The molecule has 0 aliphatic carbocycles. The average molecular weight is 251 g/mol. The van der Waals surface area contributed by atoms with E-state index in [1.807, 2.05) is 24.0 Å².